The van der Waals surface area contributed by atoms with Gasteiger partial charge in [0.05, 0.1) is 13.3 Å². The molecular formula is C18H17FN4O2S. The third-order valence-corrected chi connectivity index (χ3v) is 3.46. The van der Waals surface area contributed by atoms with Crippen molar-refractivity contribution in [3.05, 3.63) is 59.4 Å². The zero-order valence-electron chi connectivity index (χ0n) is 14.0. The lowest BCUT2D eigenvalue weighted by Gasteiger charge is -2.09. The second-order valence-corrected chi connectivity index (χ2v) is 5.44. The molecule has 0 saturated carbocycles. The second kappa shape index (κ2) is 9.96. The summed E-state index contributed by atoms with van der Waals surface area (Å²) in [6.45, 7) is 0.403. The molecule has 0 saturated heterocycles. The Morgan fingerprint density at radius 3 is 2.73 bits per heavy atom. The molecule has 0 aliphatic heterocycles. The van der Waals surface area contributed by atoms with E-state index in [1.165, 1.54) is 19.2 Å². The van der Waals surface area contributed by atoms with Crippen LogP contribution in [0.5, 0.6) is 11.5 Å². The summed E-state index contributed by atoms with van der Waals surface area (Å²) in [6.07, 6.45) is 1.57. The van der Waals surface area contributed by atoms with E-state index >= 15 is 0 Å². The van der Waals surface area contributed by atoms with Crippen molar-refractivity contribution in [2.24, 2.45) is 5.10 Å². The third-order valence-electron chi connectivity index (χ3n) is 3.23. The SMILES string of the molecule is COc1cc(/C=N\NC(=S)NCc2ccc(F)cc2)ccc1OCC#N. The minimum atomic E-state index is -0.279. The molecule has 0 unspecified atom stereocenters. The highest BCUT2D eigenvalue weighted by atomic mass is 32.1. The monoisotopic (exact) mass is 372 g/mol. The Hall–Kier alpha value is -3.18. The van der Waals surface area contributed by atoms with Crippen molar-refractivity contribution in [1.82, 2.24) is 10.7 Å². The molecule has 0 amide bonds. The highest BCUT2D eigenvalue weighted by Gasteiger charge is 2.04. The van der Waals surface area contributed by atoms with Crippen LogP contribution in [-0.4, -0.2) is 25.0 Å². The van der Waals surface area contributed by atoms with E-state index in [1.807, 2.05) is 6.07 Å². The Labute approximate surface area is 156 Å². The van der Waals surface area contributed by atoms with E-state index < -0.39 is 0 Å². The molecule has 2 rings (SSSR count). The topological polar surface area (TPSA) is 78.7 Å². The lowest BCUT2D eigenvalue weighted by molar-refractivity contribution is 0.329. The minimum Gasteiger partial charge on any atom is -0.493 e. The van der Waals surface area contributed by atoms with Gasteiger partial charge in [-0.05, 0) is 53.7 Å². The molecule has 0 fully saturated rings. The van der Waals surface area contributed by atoms with Gasteiger partial charge in [-0.1, -0.05) is 12.1 Å². The molecule has 0 atom stereocenters. The maximum atomic E-state index is 12.8. The first-order valence-electron chi connectivity index (χ1n) is 7.61. The molecule has 6 nitrogen and oxygen atoms in total. The van der Waals surface area contributed by atoms with Crippen LogP contribution >= 0.6 is 12.2 Å². The smallest absolute Gasteiger partial charge is 0.187 e. The first-order valence-corrected chi connectivity index (χ1v) is 8.02. The van der Waals surface area contributed by atoms with E-state index in [2.05, 4.69) is 15.8 Å². The second-order valence-electron chi connectivity index (χ2n) is 5.04. The number of hydrogen-bond donors (Lipinski definition) is 2. The highest BCUT2D eigenvalue weighted by Crippen LogP contribution is 2.27. The zero-order chi connectivity index (χ0) is 18.8. The summed E-state index contributed by atoms with van der Waals surface area (Å²) in [5.74, 6) is 0.704. The van der Waals surface area contributed by atoms with E-state index in [9.17, 15) is 4.39 Å². The van der Waals surface area contributed by atoms with Crippen molar-refractivity contribution in [2.75, 3.05) is 13.7 Å². The van der Waals surface area contributed by atoms with Crippen molar-refractivity contribution in [3.8, 4) is 17.6 Å². The largest absolute Gasteiger partial charge is 0.493 e. The van der Waals surface area contributed by atoms with E-state index in [0.717, 1.165) is 11.1 Å². The summed E-state index contributed by atoms with van der Waals surface area (Å²) in [5.41, 5.74) is 4.36. The normalized spacial score (nSPS) is 10.2. The molecule has 0 aliphatic carbocycles. The first kappa shape index (κ1) is 19.1. The van der Waals surface area contributed by atoms with E-state index in [1.54, 1.807) is 36.5 Å². The molecule has 134 valence electrons. The van der Waals surface area contributed by atoms with Gasteiger partial charge in [0.1, 0.15) is 11.9 Å². The average molecular weight is 372 g/mol. The van der Waals surface area contributed by atoms with Crippen LogP contribution < -0.4 is 20.2 Å². The summed E-state index contributed by atoms with van der Waals surface area (Å²) < 4.78 is 23.3. The zero-order valence-corrected chi connectivity index (χ0v) is 14.8. The Kier molecular flexibility index (Phi) is 7.33. The number of ether oxygens (including phenoxy) is 2. The predicted octanol–water partition coefficient (Wildman–Crippen LogP) is 2.73. The van der Waals surface area contributed by atoms with Crippen molar-refractivity contribution in [1.29, 1.82) is 5.26 Å². The Morgan fingerprint density at radius 1 is 1.27 bits per heavy atom. The van der Waals surface area contributed by atoms with Gasteiger partial charge in [0.2, 0.25) is 0 Å². The number of nitriles is 1. The molecule has 2 N–H and O–H groups in total. The van der Waals surface area contributed by atoms with Gasteiger partial charge >= 0.3 is 0 Å². The molecule has 8 heteroatoms. The quantitative estimate of drug-likeness (QED) is 0.442. The molecule has 0 aliphatic rings. The number of nitrogens with zero attached hydrogens (tertiary/aromatic N) is 2. The first-order chi connectivity index (χ1) is 12.6. The van der Waals surface area contributed by atoms with E-state index in [0.29, 0.717) is 23.2 Å². The predicted molar refractivity (Wildman–Crippen MR) is 101 cm³/mol. The van der Waals surface area contributed by atoms with E-state index in [4.69, 9.17) is 27.0 Å². The Balaban J connectivity index is 1.86. The molecular weight excluding hydrogens is 355 g/mol. The van der Waals surface area contributed by atoms with Gasteiger partial charge < -0.3 is 14.8 Å². The van der Waals surface area contributed by atoms with Crippen molar-refractivity contribution >= 4 is 23.5 Å². The van der Waals surface area contributed by atoms with Crippen LogP contribution in [0.1, 0.15) is 11.1 Å². The molecule has 0 spiro atoms. The van der Waals surface area contributed by atoms with Crippen molar-refractivity contribution in [2.45, 2.75) is 6.54 Å². The maximum Gasteiger partial charge on any atom is 0.187 e. The Morgan fingerprint density at radius 2 is 2.04 bits per heavy atom. The lowest BCUT2D eigenvalue weighted by atomic mass is 10.2. The summed E-state index contributed by atoms with van der Waals surface area (Å²) >= 11 is 5.13. The summed E-state index contributed by atoms with van der Waals surface area (Å²) in [4.78, 5) is 0. The van der Waals surface area contributed by atoms with Gasteiger partial charge in [-0.3, -0.25) is 5.43 Å². The molecule has 26 heavy (non-hydrogen) atoms. The average Bonchev–Trinajstić information content (AvgIpc) is 2.66. The fourth-order valence-corrected chi connectivity index (χ4v) is 2.11. The molecule has 0 bridgehead atoms. The fraction of sp³-hybridized carbons (Fsp3) is 0.167. The molecule has 0 radical (unpaired) electrons. The molecule has 0 heterocycles. The van der Waals surface area contributed by atoms with Crippen LogP contribution in [0.3, 0.4) is 0 Å². The van der Waals surface area contributed by atoms with Crippen LogP contribution in [0.15, 0.2) is 47.6 Å². The summed E-state index contributed by atoms with van der Waals surface area (Å²) in [6, 6.07) is 13.2. The van der Waals surface area contributed by atoms with Crippen LogP contribution in [0.4, 0.5) is 4.39 Å². The highest BCUT2D eigenvalue weighted by molar-refractivity contribution is 7.80. The summed E-state index contributed by atoms with van der Waals surface area (Å²) in [7, 11) is 1.52. The number of rotatable bonds is 7. The van der Waals surface area contributed by atoms with E-state index in [-0.39, 0.29) is 12.4 Å². The number of halogens is 1. The maximum absolute atomic E-state index is 12.8. The molecule has 0 aromatic heterocycles. The van der Waals surface area contributed by atoms with Crippen LogP contribution in [0.25, 0.3) is 0 Å². The van der Waals surface area contributed by atoms with Gasteiger partial charge in [0, 0.05) is 6.54 Å². The minimum absolute atomic E-state index is 0.0562. The summed E-state index contributed by atoms with van der Waals surface area (Å²) in [5, 5.41) is 15.9. The lowest BCUT2D eigenvalue weighted by Crippen LogP contribution is -2.31. The van der Waals surface area contributed by atoms with Crippen molar-refractivity contribution < 1.29 is 13.9 Å². The number of nitrogens with one attached hydrogen (secondary N) is 2. The molecule has 2 aromatic rings. The number of hydrogen-bond acceptors (Lipinski definition) is 5. The van der Waals surface area contributed by atoms with Gasteiger partial charge in [0.15, 0.2) is 23.2 Å². The van der Waals surface area contributed by atoms with Gasteiger partial charge in [-0.15, -0.1) is 0 Å². The van der Waals surface area contributed by atoms with Gasteiger partial charge in [0.25, 0.3) is 0 Å². The van der Waals surface area contributed by atoms with Crippen LogP contribution in [-0.2, 0) is 6.54 Å². The van der Waals surface area contributed by atoms with Gasteiger partial charge in [-0.25, -0.2) is 4.39 Å². The van der Waals surface area contributed by atoms with Gasteiger partial charge in [-0.2, -0.15) is 10.4 Å². The van der Waals surface area contributed by atoms with Crippen LogP contribution in [0.2, 0.25) is 0 Å². The Bertz CT molecular complexity index is 819. The molecule has 2 aromatic carbocycles. The van der Waals surface area contributed by atoms with Crippen LogP contribution in [0, 0.1) is 17.1 Å². The van der Waals surface area contributed by atoms with Crippen molar-refractivity contribution in [3.63, 3.8) is 0 Å². The number of methoxy groups -OCH3 is 1. The number of thiocarbonyl (C=S) groups is 1. The third kappa shape index (κ3) is 6.03. The number of hydrazone groups is 1. The standard InChI is InChI=1S/C18H17FN4O2S/c1-24-17-10-14(4-7-16(17)25-9-8-20)12-22-23-18(26)21-11-13-2-5-15(19)6-3-13/h2-7,10,12H,9,11H2,1H3,(H2,21,23,26)/b22-12-. The number of benzene rings is 2. The fourth-order valence-electron chi connectivity index (χ4n) is 1.98.